The predicted molar refractivity (Wildman–Crippen MR) is 86.5 cm³/mol. The normalized spacial score (nSPS) is 26.1. The third-order valence-electron chi connectivity index (χ3n) is 4.32. The fourth-order valence-electron chi connectivity index (χ4n) is 2.88. The molecule has 3 atom stereocenters. The second-order valence-electron chi connectivity index (χ2n) is 6.32. The number of hydrogen-bond acceptors (Lipinski definition) is 4. The second kappa shape index (κ2) is 12.4. The van der Waals surface area contributed by atoms with Gasteiger partial charge in [0.15, 0.2) is 0 Å². The minimum atomic E-state index is 0.376. The van der Waals surface area contributed by atoms with Gasteiger partial charge in [-0.3, -0.25) is 0 Å². The summed E-state index contributed by atoms with van der Waals surface area (Å²) < 4.78 is 16.5. The van der Waals surface area contributed by atoms with E-state index in [0.29, 0.717) is 38.4 Å². The Hall–Kier alpha value is -0.160. The van der Waals surface area contributed by atoms with Crippen molar-refractivity contribution in [2.75, 3.05) is 39.6 Å². The first-order valence-corrected chi connectivity index (χ1v) is 8.72. The molecule has 1 fully saturated rings. The van der Waals surface area contributed by atoms with Crippen LogP contribution in [0.4, 0.5) is 0 Å². The van der Waals surface area contributed by atoms with E-state index < -0.39 is 0 Å². The molecule has 4 heteroatoms. The molecule has 0 aromatic carbocycles. The molecule has 1 rings (SSSR count). The largest absolute Gasteiger partial charge is 0.379 e. The molecule has 0 saturated heterocycles. The van der Waals surface area contributed by atoms with E-state index in [4.69, 9.17) is 19.9 Å². The van der Waals surface area contributed by atoms with E-state index in [1.807, 2.05) is 0 Å². The van der Waals surface area contributed by atoms with Gasteiger partial charge in [0.2, 0.25) is 0 Å². The Bertz CT molecular complexity index is 238. The van der Waals surface area contributed by atoms with Crippen LogP contribution < -0.4 is 5.73 Å². The van der Waals surface area contributed by atoms with Crippen molar-refractivity contribution >= 4 is 0 Å². The summed E-state index contributed by atoms with van der Waals surface area (Å²) in [6.07, 6.45) is 7.12. The van der Waals surface area contributed by atoms with Gasteiger partial charge in [0.25, 0.3) is 0 Å². The molecule has 3 unspecified atom stereocenters. The molecule has 2 N–H and O–H groups in total. The molecule has 1 saturated carbocycles. The van der Waals surface area contributed by atoms with Crippen LogP contribution in [-0.4, -0.2) is 45.7 Å². The first kappa shape index (κ1) is 18.9. The van der Waals surface area contributed by atoms with Crippen molar-refractivity contribution in [1.82, 2.24) is 0 Å². The lowest BCUT2D eigenvalue weighted by Crippen LogP contribution is -2.36. The zero-order valence-electron chi connectivity index (χ0n) is 14.0. The molecule has 1 aliphatic carbocycles. The third-order valence-corrected chi connectivity index (χ3v) is 4.32. The van der Waals surface area contributed by atoms with Crippen molar-refractivity contribution in [1.29, 1.82) is 0 Å². The highest BCUT2D eigenvalue weighted by Crippen LogP contribution is 2.29. The zero-order chi connectivity index (χ0) is 15.3. The summed E-state index contributed by atoms with van der Waals surface area (Å²) >= 11 is 0. The highest BCUT2D eigenvalue weighted by molar-refractivity contribution is 4.80. The summed E-state index contributed by atoms with van der Waals surface area (Å²) in [6.45, 7) is 8.83. The van der Waals surface area contributed by atoms with E-state index >= 15 is 0 Å². The maximum absolute atomic E-state index is 6.18. The fraction of sp³-hybridized carbons (Fsp3) is 1.00. The van der Waals surface area contributed by atoms with Crippen LogP contribution in [0.2, 0.25) is 0 Å². The molecule has 0 heterocycles. The summed E-state index contributed by atoms with van der Waals surface area (Å²) in [5.41, 5.74) is 6.18. The van der Waals surface area contributed by atoms with Crippen LogP contribution in [0.5, 0.6) is 0 Å². The molecule has 0 bridgehead atoms. The summed E-state index contributed by atoms with van der Waals surface area (Å²) in [4.78, 5) is 0. The molecule has 0 amide bonds. The van der Waals surface area contributed by atoms with E-state index in [-0.39, 0.29) is 0 Å². The summed E-state index contributed by atoms with van der Waals surface area (Å²) in [5.74, 6) is 1.47. The minimum Gasteiger partial charge on any atom is -0.379 e. The lowest BCUT2D eigenvalue weighted by Gasteiger charge is -2.32. The highest BCUT2D eigenvalue weighted by Gasteiger charge is 2.25. The van der Waals surface area contributed by atoms with E-state index in [1.165, 1.54) is 25.7 Å². The van der Waals surface area contributed by atoms with Gasteiger partial charge in [0, 0.05) is 19.3 Å². The van der Waals surface area contributed by atoms with Crippen LogP contribution in [0.25, 0.3) is 0 Å². The Balaban J connectivity index is 1.84. The monoisotopic (exact) mass is 301 g/mol. The number of unbranched alkanes of at least 4 members (excludes halogenated alkanes) is 1. The number of ether oxygens (including phenoxy) is 3. The van der Waals surface area contributed by atoms with Crippen molar-refractivity contribution < 1.29 is 14.2 Å². The van der Waals surface area contributed by atoms with E-state index in [0.717, 1.165) is 32.0 Å². The molecule has 0 spiro atoms. The maximum atomic E-state index is 6.18. The molecule has 21 heavy (non-hydrogen) atoms. The van der Waals surface area contributed by atoms with Gasteiger partial charge in [-0.15, -0.1) is 0 Å². The van der Waals surface area contributed by atoms with Gasteiger partial charge < -0.3 is 19.9 Å². The molecule has 0 aliphatic heterocycles. The number of nitrogens with two attached hydrogens (primary N) is 1. The smallest absolute Gasteiger partial charge is 0.0701 e. The molecular formula is C17H35NO3. The lowest BCUT2D eigenvalue weighted by molar-refractivity contribution is 0.0101. The van der Waals surface area contributed by atoms with Crippen molar-refractivity contribution in [3.05, 3.63) is 0 Å². The average molecular weight is 301 g/mol. The molecule has 0 aromatic rings. The maximum Gasteiger partial charge on any atom is 0.0701 e. The summed E-state index contributed by atoms with van der Waals surface area (Å²) in [7, 11) is 0. The quantitative estimate of drug-likeness (QED) is 0.563. The molecule has 1 aliphatic rings. The average Bonchev–Trinajstić information content (AvgIpc) is 2.48. The topological polar surface area (TPSA) is 53.7 Å². The zero-order valence-corrected chi connectivity index (χ0v) is 14.0. The van der Waals surface area contributed by atoms with Gasteiger partial charge >= 0.3 is 0 Å². The van der Waals surface area contributed by atoms with Gasteiger partial charge in [0.1, 0.15) is 0 Å². The third kappa shape index (κ3) is 9.46. The van der Waals surface area contributed by atoms with E-state index in [2.05, 4.69) is 13.8 Å². The first-order chi connectivity index (χ1) is 10.2. The van der Waals surface area contributed by atoms with Crippen LogP contribution in [0.1, 0.15) is 52.4 Å². The van der Waals surface area contributed by atoms with Crippen molar-refractivity contribution in [2.24, 2.45) is 17.6 Å². The Kier molecular flexibility index (Phi) is 11.1. The Morgan fingerprint density at radius 2 is 1.52 bits per heavy atom. The van der Waals surface area contributed by atoms with E-state index in [9.17, 15) is 0 Å². The number of hydrogen-bond donors (Lipinski definition) is 1. The van der Waals surface area contributed by atoms with E-state index in [1.54, 1.807) is 0 Å². The van der Waals surface area contributed by atoms with Gasteiger partial charge in [-0.05, 0) is 43.9 Å². The summed E-state index contributed by atoms with van der Waals surface area (Å²) in [6, 6.07) is 0.376. The predicted octanol–water partition coefficient (Wildman–Crippen LogP) is 2.99. The van der Waals surface area contributed by atoms with Crippen LogP contribution in [-0.2, 0) is 14.2 Å². The second-order valence-corrected chi connectivity index (χ2v) is 6.32. The Morgan fingerprint density at radius 3 is 2.19 bits per heavy atom. The molecule has 4 nitrogen and oxygen atoms in total. The Morgan fingerprint density at radius 1 is 0.905 bits per heavy atom. The van der Waals surface area contributed by atoms with Gasteiger partial charge in [-0.2, -0.15) is 0 Å². The van der Waals surface area contributed by atoms with Gasteiger partial charge in [0.05, 0.1) is 26.4 Å². The van der Waals surface area contributed by atoms with Crippen molar-refractivity contribution in [3.63, 3.8) is 0 Å². The Labute approximate surface area is 130 Å². The van der Waals surface area contributed by atoms with Crippen molar-refractivity contribution in [3.8, 4) is 0 Å². The number of rotatable bonds is 12. The summed E-state index contributed by atoms with van der Waals surface area (Å²) in [5, 5.41) is 0. The van der Waals surface area contributed by atoms with Gasteiger partial charge in [-0.1, -0.05) is 20.3 Å². The van der Waals surface area contributed by atoms with Crippen LogP contribution in [0.3, 0.4) is 0 Å². The lowest BCUT2D eigenvalue weighted by atomic mass is 9.78. The molecule has 0 aromatic heterocycles. The molecular weight excluding hydrogens is 266 g/mol. The van der Waals surface area contributed by atoms with Crippen LogP contribution in [0.15, 0.2) is 0 Å². The highest BCUT2D eigenvalue weighted by atomic mass is 16.5. The SMILES string of the molecule is CCCCOCCOCCOCCC1CC(C)CCC1N. The standard InChI is InChI=1S/C17H35NO3/c1-3-4-8-19-10-12-21-13-11-20-9-7-16-14-15(2)5-6-17(16)18/h15-17H,3-14,18H2,1-2H3. The fourth-order valence-corrected chi connectivity index (χ4v) is 2.88. The first-order valence-electron chi connectivity index (χ1n) is 8.72. The molecule has 0 radical (unpaired) electrons. The van der Waals surface area contributed by atoms with Crippen molar-refractivity contribution in [2.45, 2.75) is 58.4 Å². The van der Waals surface area contributed by atoms with Crippen LogP contribution >= 0.6 is 0 Å². The minimum absolute atomic E-state index is 0.376. The molecule has 126 valence electrons. The van der Waals surface area contributed by atoms with Gasteiger partial charge in [-0.25, -0.2) is 0 Å². The van der Waals surface area contributed by atoms with Crippen LogP contribution in [0, 0.1) is 11.8 Å².